The fourth-order valence-electron chi connectivity index (χ4n) is 3.71. The van der Waals surface area contributed by atoms with Crippen LogP contribution in [-0.4, -0.2) is 104 Å². The lowest BCUT2D eigenvalue weighted by atomic mass is 10.1. The maximum atomic E-state index is 13.5. The van der Waals surface area contributed by atoms with Gasteiger partial charge in [0.1, 0.15) is 12.1 Å². The van der Waals surface area contributed by atoms with Gasteiger partial charge in [-0.25, -0.2) is 14.4 Å². The Morgan fingerprint density at radius 2 is 1.53 bits per heavy atom. The van der Waals surface area contributed by atoms with Gasteiger partial charge in [-0.15, -0.1) is 0 Å². The van der Waals surface area contributed by atoms with Gasteiger partial charge in [-0.1, -0.05) is 6.08 Å². The Morgan fingerprint density at radius 1 is 1.02 bits per heavy atom. The number of ether oxygens (including phenoxy) is 7. The van der Waals surface area contributed by atoms with Crippen LogP contribution in [0, 0.1) is 0 Å². The number of carbonyl (C=O) groups excluding carboxylic acids is 3. The summed E-state index contributed by atoms with van der Waals surface area (Å²) in [5.74, 6) is -5.26. The van der Waals surface area contributed by atoms with E-state index in [1.807, 2.05) is 0 Å². The van der Waals surface area contributed by atoms with E-state index in [0.717, 1.165) is 22.6 Å². The summed E-state index contributed by atoms with van der Waals surface area (Å²) in [5, 5.41) is 13.4. The van der Waals surface area contributed by atoms with Gasteiger partial charge in [0.2, 0.25) is 19.5 Å². The maximum absolute atomic E-state index is 13.5. The number of aliphatic hydroxyl groups is 1. The zero-order chi connectivity index (χ0) is 34.0. The molecule has 0 aromatic carbocycles. The number of rotatable bonds is 17. The second-order valence-corrected chi connectivity index (χ2v) is 11.4. The van der Waals surface area contributed by atoms with Crippen molar-refractivity contribution >= 4 is 25.4 Å². The number of aromatic amines is 1. The van der Waals surface area contributed by atoms with E-state index in [0.29, 0.717) is 0 Å². The third-order valence-electron chi connectivity index (χ3n) is 6.67. The highest BCUT2D eigenvalue weighted by Gasteiger charge is 2.45. The van der Waals surface area contributed by atoms with Gasteiger partial charge < -0.3 is 43.6 Å². The molecular formula is C25H38N3O16P. The number of methoxy groups -OCH3 is 4. The van der Waals surface area contributed by atoms with Crippen LogP contribution in [0.3, 0.4) is 0 Å². The third-order valence-corrected chi connectivity index (χ3v) is 8.17. The number of H-pyrrole nitrogens is 1. The summed E-state index contributed by atoms with van der Waals surface area (Å²) in [6.07, 6.45) is -1.51. The van der Waals surface area contributed by atoms with Crippen LogP contribution in [0.25, 0.3) is 0 Å². The van der Waals surface area contributed by atoms with E-state index in [-0.39, 0.29) is 6.42 Å². The molecule has 1 aliphatic rings. The van der Waals surface area contributed by atoms with Crippen molar-refractivity contribution in [3.05, 3.63) is 45.0 Å². The van der Waals surface area contributed by atoms with Crippen LogP contribution in [0.2, 0.25) is 0 Å². The van der Waals surface area contributed by atoms with Crippen LogP contribution in [-0.2, 0) is 61.2 Å². The smallest absolute Gasteiger partial charge is 0.368 e. The number of hydrogen-bond acceptors (Lipinski definition) is 16. The van der Waals surface area contributed by atoms with Crippen molar-refractivity contribution in [2.45, 2.75) is 63.2 Å². The highest BCUT2D eigenvalue weighted by atomic mass is 31.2. The first-order valence-electron chi connectivity index (χ1n) is 13.1. The molecule has 0 spiro atoms. The van der Waals surface area contributed by atoms with Gasteiger partial charge in [0.15, 0.2) is 6.23 Å². The van der Waals surface area contributed by atoms with Crippen LogP contribution in [0.1, 0.15) is 33.4 Å². The van der Waals surface area contributed by atoms with Crippen LogP contribution in [0.15, 0.2) is 33.7 Å². The van der Waals surface area contributed by atoms with Gasteiger partial charge in [-0.05, 0) is 6.42 Å². The van der Waals surface area contributed by atoms with Crippen molar-refractivity contribution in [1.29, 1.82) is 0 Å². The zero-order valence-electron chi connectivity index (χ0n) is 25.7. The van der Waals surface area contributed by atoms with Gasteiger partial charge in [-0.3, -0.25) is 32.8 Å². The summed E-state index contributed by atoms with van der Waals surface area (Å²) < 4.78 is 60.3. The van der Waals surface area contributed by atoms with Crippen molar-refractivity contribution in [1.82, 2.24) is 14.9 Å². The summed E-state index contributed by atoms with van der Waals surface area (Å²) in [6.45, 7) is 1.89. The Labute approximate surface area is 257 Å². The van der Waals surface area contributed by atoms with E-state index < -0.39 is 86.3 Å². The van der Waals surface area contributed by atoms with Crippen LogP contribution >= 0.6 is 7.60 Å². The minimum Gasteiger partial charge on any atom is -0.434 e. The summed E-state index contributed by atoms with van der Waals surface area (Å²) in [5.41, 5.74) is -1.52. The molecule has 1 fully saturated rings. The van der Waals surface area contributed by atoms with Crippen molar-refractivity contribution in [3.8, 4) is 0 Å². The first-order chi connectivity index (χ1) is 21.1. The molecule has 4 atom stereocenters. The molecule has 0 saturated carbocycles. The molecule has 0 radical (unpaired) electrons. The SMILES string of the molecule is COC(C)(OC)C(=O)OCOP(=O)(/C=C/C[C@H]1O[C@@H](n2ccc(=O)[nH]c2=O)[C@H](NC(C)=O)[C@@H]1O)OCOC(=O)C(C)(OC)OC. The zero-order valence-corrected chi connectivity index (χ0v) is 26.6. The number of amides is 1. The molecule has 0 aliphatic carbocycles. The van der Waals surface area contributed by atoms with Gasteiger partial charge in [0.25, 0.3) is 17.1 Å². The molecule has 1 saturated heterocycles. The molecule has 254 valence electrons. The summed E-state index contributed by atoms with van der Waals surface area (Å²) in [7, 11) is 0.401. The van der Waals surface area contributed by atoms with Crippen molar-refractivity contribution in [3.63, 3.8) is 0 Å². The lowest BCUT2D eigenvalue weighted by Crippen LogP contribution is -2.47. The molecule has 3 N–H and O–H groups in total. The van der Waals surface area contributed by atoms with Gasteiger partial charge in [0.05, 0.1) is 6.10 Å². The largest absolute Gasteiger partial charge is 0.434 e. The van der Waals surface area contributed by atoms with Gasteiger partial charge >= 0.3 is 25.2 Å². The molecule has 2 heterocycles. The third kappa shape index (κ3) is 9.86. The van der Waals surface area contributed by atoms with Crippen molar-refractivity contribution < 1.29 is 66.3 Å². The number of esters is 2. The fraction of sp³-hybridized carbons (Fsp3) is 0.640. The van der Waals surface area contributed by atoms with E-state index >= 15 is 0 Å². The molecule has 20 heteroatoms. The van der Waals surface area contributed by atoms with Gasteiger partial charge in [0, 0.05) is 67.3 Å². The Morgan fingerprint density at radius 3 is 1.98 bits per heavy atom. The summed E-state index contributed by atoms with van der Waals surface area (Å²) in [4.78, 5) is 62.3. The molecule has 1 aliphatic heterocycles. The van der Waals surface area contributed by atoms with E-state index in [1.54, 1.807) is 0 Å². The second-order valence-electron chi connectivity index (χ2n) is 9.53. The summed E-state index contributed by atoms with van der Waals surface area (Å²) in [6, 6.07) is -0.0573. The number of hydrogen-bond donors (Lipinski definition) is 3. The quantitative estimate of drug-likeness (QED) is 0.107. The Kier molecular flexibility index (Phi) is 13.8. The van der Waals surface area contributed by atoms with Crippen molar-refractivity contribution in [2.24, 2.45) is 0 Å². The molecular weight excluding hydrogens is 629 g/mol. The average Bonchev–Trinajstić information content (AvgIpc) is 3.29. The second kappa shape index (κ2) is 16.3. The van der Waals surface area contributed by atoms with E-state index in [9.17, 15) is 33.6 Å². The lowest BCUT2D eigenvalue weighted by Gasteiger charge is -2.25. The lowest BCUT2D eigenvalue weighted by molar-refractivity contribution is -0.228. The number of carbonyl (C=O) groups is 3. The Bertz CT molecular complexity index is 1330. The number of nitrogens with zero attached hydrogens (tertiary/aromatic N) is 1. The predicted molar refractivity (Wildman–Crippen MR) is 149 cm³/mol. The fourth-order valence-corrected chi connectivity index (χ4v) is 4.74. The molecule has 1 aromatic heterocycles. The topological polar surface area (TPSA) is 238 Å². The van der Waals surface area contributed by atoms with Crippen LogP contribution in [0.4, 0.5) is 0 Å². The van der Waals surface area contributed by atoms with E-state index in [2.05, 4.69) is 10.3 Å². The minimum absolute atomic E-state index is 0.182. The molecule has 0 bridgehead atoms. The van der Waals surface area contributed by atoms with Crippen molar-refractivity contribution in [2.75, 3.05) is 42.0 Å². The Hall–Kier alpha value is -3.26. The first kappa shape index (κ1) is 37.9. The van der Waals surface area contributed by atoms with E-state index in [4.69, 9.17) is 42.2 Å². The molecule has 45 heavy (non-hydrogen) atoms. The van der Waals surface area contributed by atoms with Crippen LogP contribution < -0.4 is 16.6 Å². The molecule has 1 amide bonds. The first-order valence-corrected chi connectivity index (χ1v) is 14.7. The minimum atomic E-state index is -4.37. The number of aliphatic hydroxyl groups excluding tert-OH is 1. The summed E-state index contributed by atoms with van der Waals surface area (Å²) >= 11 is 0. The predicted octanol–water partition coefficient (Wildman–Crippen LogP) is -0.551. The van der Waals surface area contributed by atoms with Gasteiger partial charge in [-0.2, -0.15) is 0 Å². The molecule has 0 unspecified atom stereocenters. The average molecular weight is 668 g/mol. The molecule has 1 aromatic rings. The van der Waals surface area contributed by atoms with Crippen LogP contribution in [0.5, 0.6) is 0 Å². The molecule has 19 nitrogen and oxygen atoms in total. The Balaban J connectivity index is 2.23. The molecule has 2 rings (SSSR count). The highest BCUT2D eigenvalue weighted by Crippen LogP contribution is 2.50. The normalized spacial score (nSPS) is 20.7. The monoisotopic (exact) mass is 667 g/mol. The highest BCUT2D eigenvalue weighted by molar-refractivity contribution is 7.57. The maximum Gasteiger partial charge on any atom is 0.368 e. The standard InChI is InChI=1S/C25H38N3O16P/c1-15(29)26-18-19(31)16(44-20(18)28-11-10-17(30)27-23(28)34)9-8-12-45(35,42-13-40-21(32)24(2,36-4)37-5)43-14-41-22(33)25(3,38-6)39-7/h8,10-12,16,18-20,31H,9,13-14H2,1-7H3,(H,26,29)(H,27,30,34)/b12-8+/t16-,18-,19-,20-/m1/s1. The van der Waals surface area contributed by atoms with E-state index in [1.165, 1.54) is 55.3 Å². The number of aromatic nitrogens is 2. The number of nitrogens with one attached hydrogen (secondary N) is 2.